The summed E-state index contributed by atoms with van der Waals surface area (Å²) in [6.07, 6.45) is 0.891. The second-order valence-electron chi connectivity index (χ2n) is 2.83. The third-order valence-corrected chi connectivity index (χ3v) is 2.76. The normalized spacial score (nSPS) is 11.1. The predicted molar refractivity (Wildman–Crippen MR) is 58.8 cm³/mol. The van der Waals surface area contributed by atoms with Gasteiger partial charge in [-0.2, -0.15) is 0 Å². The Morgan fingerprint density at radius 2 is 1.87 bits per heavy atom. The van der Waals surface area contributed by atoms with Crippen LogP contribution in [0.15, 0.2) is 18.2 Å². The number of carbonyl (C=O) groups is 1. The number of hydrogen-bond acceptors (Lipinski definition) is 3. The second-order valence-corrected chi connectivity index (χ2v) is 5.40. The summed E-state index contributed by atoms with van der Waals surface area (Å²) in [6.45, 7) is 0. The van der Waals surface area contributed by atoms with Crippen molar-refractivity contribution in [1.29, 1.82) is 0 Å². The van der Waals surface area contributed by atoms with Crippen LogP contribution in [0.4, 0.5) is 0 Å². The maximum atomic E-state index is 11.3. The second kappa shape index (κ2) is 4.38. The summed E-state index contributed by atoms with van der Waals surface area (Å²) in [5.41, 5.74) is 0.134. The smallest absolute Gasteiger partial charge is 0.264 e. The van der Waals surface area contributed by atoms with Crippen molar-refractivity contribution in [2.24, 2.45) is 0 Å². The van der Waals surface area contributed by atoms with Crippen molar-refractivity contribution < 1.29 is 13.2 Å². The van der Waals surface area contributed by atoms with Crippen LogP contribution in [0, 0.1) is 0 Å². The molecular weight excluding hydrogens is 261 g/mol. The van der Waals surface area contributed by atoms with E-state index in [1.807, 2.05) is 4.72 Å². The number of amides is 1. The van der Waals surface area contributed by atoms with E-state index in [9.17, 15) is 13.2 Å². The first kappa shape index (κ1) is 12.3. The van der Waals surface area contributed by atoms with Crippen molar-refractivity contribution in [3.05, 3.63) is 33.8 Å². The Labute approximate surface area is 97.2 Å². The Morgan fingerprint density at radius 1 is 1.27 bits per heavy atom. The molecule has 0 aliphatic rings. The zero-order chi connectivity index (χ0) is 11.6. The molecule has 82 valence electrons. The van der Waals surface area contributed by atoms with Gasteiger partial charge in [0.05, 0.1) is 16.3 Å². The third kappa shape index (κ3) is 3.70. The van der Waals surface area contributed by atoms with Crippen LogP contribution in [0.25, 0.3) is 0 Å². The summed E-state index contributed by atoms with van der Waals surface area (Å²) in [5.74, 6) is -0.740. The van der Waals surface area contributed by atoms with Crippen LogP contribution in [-0.4, -0.2) is 20.6 Å². The van der Waals surface area contributed by atoms with Gasteiger partial charge in [-0.15, -0.1) is 0 Å². The summed E-state index contributed by atoms with van der Waals surface area (Å²) in [4.78, 5) is 11.3. The molecule has 1 rings (SSSR count). The maximum absolute atomic E-state index is 11.3. The van der Waals surface area contributed by atoms with Crippen molar-refractivity contribution in [3.63, 3.8) is 0 Å². The van der Waals surface area contributed by atoms with Crippen LogP contribution in [0.3, 0.4) is 0 Å². The molecule has 1 amide bonds. The lowest BCUT2D eigenvalue weighted by Crippen LogP contribution is -2.29. The molecule has 0 saturated heterocycles. The number of nitrogens with one attached hydrogen (secondary N) is 1. The average molecular weight is 268 g/mol. The highest BCUT2D eigenvalue weighted by Gasteiger charge is 2.11. The lowest BCUT2D eigenvalue weighted by molar-refractivity contribution is 0.0981. The highest BCUT2D eigenvalue weighted by molar-refractivity contribution is 7.89. The van der Waals surface area contributed by atoms with E-state index in [0.29, 0.717) is 5.02 Å². The molecule has 0 atom stereocenters. The van der Waals surface area contributed by atoms with Gasteiger partial charge in [-0.1, -0.05) is 23.2 Å². The monoisotopic (exact) mass is 267 g/mol. The quantitative estimate of drug-likeness (QED) is 0.887. The number of sulfonamides is 1. The van der Waals surface area contributed by atoms with E-state index in [1.54, 1.807) is 0 Å². The van der Waals surface area contributed by atoms with Crippen molar-refractivity contribution in [3.8, 4) is 0 Å². The Hall–Kier alpha value is -0.780. The van der Waals surface area contributed by atoms with Gasteiger partial charge in [0.25, 0.3) is 5.91 Å². The molecule has 0 heterocycles. The van der Waals surface area contributed by atoms with Gasteiger partial charge >= 0.3 is 0 Å². The van der Waals surface area contributed by atoms with Gasteiger partial charge in [-0.3, -0.25) is 4.79 Å². The molecule has 0 spiro atoms. The SMILES string of the molecule is CS(=O)(=O)NC(=O)c1ccc(Cl)c(Cl)c1. The average Bonchev–Trinajstić information content (AvgIpc) is 2.06. The van der Waals surface area contributed by atoms with Gasteiger partial charge in [0.2, 0.25) is 10.0 Å². The lowest BCUT2D eigenvalue weighted by atomic mass is 10.2. The fourth-order valence-electron chi connectivity index (χ4n) is 0.865. The number of carbonyl (C=O) groups excluding carboxylic acids is 1. The summed E-state index contributed by atoms with van der Waals surface area (Å²) in [6, 6.07) is 4.10. The van der Waals surface area contributed by atoms with Gasteiger partial charge in [0.1, 0.15) is 0 Å². The summed E-state index contributed by atoms with van der Waals surface area (Å²) < 4.78 is 23.4. The predicted octanol–water partition coefficient (Wildman–Crippen LogP) is 1.68. The van der Waals surface area contributed by atoms with E-state index < -0.39 is 15.9 Å². The van der Waals surface area contributed by atoms with E-state index in [4.69, 9.17) is 23.2 Å². The minimum absolute atomic E-state index is 0.134. The number of halogens is 2. The number of hydrogen-bond donors (Lipinski definition) is 1. The van der Waals surface area contributed by atoms with Gasteiger partial charge in [-0.05, 0) is 18.2 Å². The molecule has 0 saturated carbocycles. The topological polar surface area (TPSA) is 63.2 Å². The lowest BCUT2D eigenvalue weighted by Gasteiger charge is -2.03. The third-order valence-electron chi connectivity index (χ3n) is 1.46. The van der Waals surface area contributed by atoms with Crippen molar-refractivity contribution in [1.82, 2.24) is 4.72 Å². The minimum atomic E-state index is -3.57. The van der Waals surface area contributed by atoms with Crippen molar-refractivity contribution in [2.45, 2.75) is 0 Å². The molecule has 0 aliphatic carbocycles. The molecule has 0 aliphatic heterocycles. The summed E-state index contributed by atoms with van der Waals surface area (Å²) in [7, 11) is -3.57. The molecule has 0 radical (unpaired) electrons. The maximum Gasteiger partial charge on any atom is 0.264 e. The fraction of sp³-hybridized carbons (Fsp3) is 0.125. The largest absolute Gasteiger partial charge is 0.268 e. The van der Waals surface area contributed by atoms with E-state index in [2.05, 4.69) is 0 Å². The van der Waals surface area contributed by atoms with Crippen LogP contribution in [0.5, 0.6) is 0 Å². The molecular formula is C8H7Cl2NO3S. The van der Waals surface area contributed by atoms with Crippen LogP contribution < -0.4 is 4.72 Å². The van der Waals surface area contributed by atoms with Crippen LogP contribution in [0.2, 0.25) is 10.0 Å². The Morgan fingerprint density at radius 3 is 2.33 bits per heavy atom. The summed E-state index contributed by atoms with van der Waals surface area (Å²) >= 11 is 11.3. The first-order valence-corrected chi connectivity index (χ1v) is 6.41. The molecule has 0 bridgehead atoms. The molecule has 4 nitrogen and oxygen atoms in total. The molecule has 1 N–H and O–H groups in total. The van der Waals surface area contributed by atoms with Gasteiger partial charge < -0.3 is 0 Å². The number of benzene rings is 1. The summed E-state index contributed by atoms with van der Waals surface area (Å²) in [5, 5.41) is 0.491. The van der Waals surface area contributed by atoms with Gasteiger partial charge in [0.15, 0.2) is 0 Å². The zero-order valence-electron chi connectivity index (χ0n) is 7.62. The molecule has 0 unspecified atom stereocenters. The Kier molecular flexibility index (Phi) is 3.59. The van der Waals surface area contributed by atoms with E-state index in [1.165, 1.54) is 18.2 Å². The van der Waals surface area contributed by atoms with E-state index in [-0.39, 0.29) is 10.6 Å². The van der Waals surface area contributed by atoms with Crippen LogP contribution in [-0.2, 0) is 10.0 Å². The molecule has 0 fully saturated rings. The van der Waals surface area contributed by atoms with E-state index >= 15 is 0 Å². The van der Waals surface area contributed by atoms with Crippen LogP contribution in [0.1, 0.15) is 10.4 Å². The molecule has 7 heteroatoms. The highest BCUT2D eigenvalue weighted by atomic mass is 35.5. The standard InChI is InChI=1S/C8H7Cl2NO3S/c1-15(13,14)11-8(12)5-2-3-6(9)7(10)4-5/h2-4H,1H3,(H,11,12). The van der Waals surface area contributed by atoms with Gasteiger partial charge in [-0.25, -0.2) is 13.1 Å². The van der Waals surface area contributed by atoms with Crippen molar-refractivity contribution >= 4 is 39.1 Å². The fourth-order valence-corrected chi connectivity index (χ4v) is 1.62. The van der Waals surface area contributed by atoms with E-state index in [0.717, 1.165) is 6.26 Å². The number of rotatable bonds is 2. The van der Waals surface area contributed by atoms with Gasteiger partial charge in [0, 0.05) is 5.56 Å². The van der Waals surface area contributed by atoms with Crippen molar-refractivity contribution in [2.75, 3.05) is 6.26 Å². The molecule has 0 aromatic heterocycles. The first-order valence-electron chi connectivity index (χ1n) is 3.77. The highest BCUT2D eigenvalue weighted by Crippen LogP contribution is 2.22. The van der Waals surface area contributed by atoms with Crippen LogP contribution >= 0.6 is 23.2 Å². The molecule has 15 heavy (non-hydrogen) atoms. The first-order chi connectivity index (χ1) is 6.79. The minimum Gasteiger partial charge on any atom is -0.268 e. The molecule has 1 aromatic carbocycles. The zero-order valence-corrected chi connectivity index (χ0v) is 9.95. The molecule has 1 aromatic rings. The Bertz CT molecular complexity index is 499. The Balaban J connectivity index is 2.98.